The molecule has 0 saturated carbocycles. The maximum atomic E-state index is 12.8. The van der Waals surface area contributed by atoms with E-state index in [1.54, 1.807) is 36.4 Å². The first-order valence-electron chi connectivity index (χ1n) is 9.69. The summed E-state index contributed by atoms with van der Waals surface area (Å²) in [4.78, 5) is 23.1. The molecule has 158 valence electrons. The molecule has 0 radical (unpaired) electrons. The monoisotopic (exact) mass is 438 g/mol. The topological polar surface area (TPSA) is 110 Å². The second-order valence-electron chi connectivity index (χ2n) is 7.14. The maximum absolute atomic E-state index is 12.8. The van der Waals surface area contributed by atoms with Crippen LogP contribution in [0.4, 0.5) is 17.1 Å². The van der Waals surface area contributed by atoms with Crippen molar-refractivity contribution in [3.05, 3.63) is 86.3 Å². The number of non-ortho nitro benzene ring substituents is 1. The van der Waals surface area contributed by atoms with Gasteiger partial charge in [0.25, 0.3) is 11.6 Å². The standard InChI is InChI=1S/C22H19ClN4O4/c1-13-20-18(26-25-16-9-11-17(12-10-16)27(29)30)3-2-4-19(20)31-21(13)22(28)24-15-7-5-14(23)6-8-15/h5-12,25H,2-4H2,1H3,(H,24,28)/b26-18+. The molecule has 1 aromatic heterocycles. The minimum atomic E-state index is -0.450. The Labute approximate surface area is 183 Å². The van der Waals surface area contributed by atoms with E-state index in [4.69, 9.17) is 16.0 Å². The van der Waals surface area contributed by atoms with E-state index in [0.717, 1.165) is 41.9 Å². The number of hydrogen-bond donors (Lipinski definition) is 2. The summed E-state index contributed by atoms with van der Waals surface area (Å²) >= 11 is 5.89. The highest BCUT2D eigenvalue weighted by molar-refractivity contribution is 6.30. The van der Waals surface area contributed by atoms with Crippen molar-refractivity contribution in [1.82, 2.24) is 0 Å². The number of benzene rings is 2. The molecular formula is C22H19ClN4O4. The molecule has 8 nitrogen and oxygen atoms in total. The summed E-state index contributed by atoms with van der Waals surface area (Å²) in [6.07, 6.45) is 2.30. The number of carbonyl (C=O) groups is 1. The van der Waals surface area contributed by atoms with Crippen molar-refractivity contribution >= 4 is 40.3 Å². The molecule has 0 atom stereocenters. The van der Waals surface area contributed by atoms with Gasteiger partial charge < -0.3 is 9.73 Å². The molecule has 0 bridgehead atoms. The zero-order valence-electron chi connectivity index (χ0n) is 16.6. The Hall–Kier alpha value is -3.65. The molecule has 0 aliphatic heterocycles. The third-order valence-electron chi connectivity index (χ3n) is 5.03. The summed E-state index contributed by atoms with van der Waals surface area (Å²) in [5.74, 6) is 0.649. The number of rotatable bonds is 5. The predicted molar refractivity (Wildman–Crippen MR) is 119 cm³/mol. The Kier molecular flexibility index (Phi) is 5.73. The molecule has 1 heterocycles. The minimum Gasteiger partial charge on any atom is -0.455 e. The number of fused-ring (bicyclic) bond motifs is 1. The maximum Gasteiger partial charge on any atom is 0.291 e. The fourth-order valence-corrected chi connectivity index (χ4v) is 3.63. The Bertz CT molecular complexity index is 1170. The summed E-state index contributed by atoms with van der Waals surface area (Å²) < 4.78 is 5.90. The predicted octanol–water partition coefficient (Wildman–Crippen LogP) is 5.55. The van der Waals surface area contributed by atoms with Gasteiger partial charge in [0.2, 0.25) is 0 Å². The van der Waals surface area contributed by atoms with E-state index < -0.39 is 4.92 Å². The third kappa shape index (κ3) is 4.44. The lowest BCUT2D eigenvalue weighted by Crippen LogP contribution is -2.14. The van der Waals surface area contributed by atoms with Crippen molar-refractivity contribution in [1.29, 1.82) is 0 Å². The van der Waals surface area contributed by atoms with E-state index in [0.29, 0.717) is 16.4 Å². The van der Waals surface area contributed by atoms with Crippen molar-refractivity contribution in [2.24, 2.45) is 5.10 Å². The number of nitro benzene ring substituents is 1. The molecule has 3 aromatic rings. The molecule has 1 amide bonds. The number of amides is 1. The zero-order valence-corrected chi connectivity index (χ0v) is 17.4. The summed E-state index contributed by atoms with van der Waals surface area (Å²) in [6, 6.07) is 12.9. The summed E-state index contributed by atoms with van der Waals surface area (Å²) in [5.41, 5.74) is 6.56. The van der Waals surface area contributed by atoms with E-state index in [1.807, 2.05) is 6.92 Å². The number of hydrogen-bond acceptors (Lipinski definition) is 6. The number of halogens is 1. The van der Waals surface area contributed by atoms with Gasteiger partial charge >= 0.3 is 0 Å². The molecule has 2 aromatic carbocycles. The molecule has 1 aliphatic rings. The number of nitro groups is 1. The van der Waals surface area contributed by atoms with E-state index in [1.165, 1.54) is 12.1 Å². The lowest BCUT2D eigenvalue weighted by molar-refractivity contribution is -0.384. The molecule has 0 fully saturated rings. The Balaban J connectivity index is 1.56. The van der Waals surface area contributed by atoms with Crippen molar-refractivity contribution in [3.8, 4) is 0 Å². The number of hydrazone groups is 1. The van der Waals surface area contributed by atoms with Gasteiger partial charge in [-0.2, -0.15) is 5.10 Å². The largest absolute Gasteiger partial charge is 0.455 e. The first-order valence-corrected chi connectivity index (χ1v) is 10.1. The number of aryl methyl sites for hydroxylation is 1. The highest BCUT2D eigenvalue weighted by Crippen LogP contribution is 2.31. The van der Waals surface area contributed by atoms with E-state index in [-0.39, 0.29) is 17.4 Å². The normalized spacial score (nSPS) is 14.2. The molecule has 4 rings (SSSR count). The van der Waals surface area contributed by atoms with Gasteiger partial charge in [-0.05, 0) is 56.2 Å². The van der Waals surface area contributed by atoms with Gasteiger partial charge in [0, 0.05) is 40.4 Å². The van der Waals surface area contributed by atoms with Crippen LogP contribution < -0.4 is 10.7 Å². The fraction of sp³-hybridized carbons (Fsp3) is 0.182. The average Bonchev–Trinajstić information content (AvgIpc) is 3.11. The summed E-state index contributed by atoms with van der Waals surface area (Å²) in [5, 5.41) is 18.7. The van der Waals surface area contributed by atoms with Crippen LogP contribution in [0.1, 0.15) is 40.3 Å². The molecule has 2 N–H and O–H groups in total. The molecule has 31 heavy (non-hydrogen) atoms. The first-order chi connectivity index (χ1) is 14.9. The smallest absolute Gasteiger partial charge is 0.291 e. The van der Waals surface area contributed by atoms with Crippen LogP contribution in [0, 0.1) is 17.0 Å². The Morgan fingerprint density at radius 1 is 1.10 bits per heavy atom. The number of furan rings is 1. The highest BCUT2D eigenvalue weighted by Gasteiger charge is 2.28. The molecule has 0 unspecified atom stereocenters. The van der Waals surface area contributed by atoms with Crippen molar-refractivity contribution in [2.75, 3.05) is 10.7 Å². The molecule has 9 heteroatoms. The van der Waals surface area contributed by atoms with E-state index >= 15 is 0 Å². The second kappa shape index (κ2) is 8.61. The summed E-state index contributed by atoms with van der Waals surface area (Å²) in [7, 11) is 0. The number of nitrogens with zero attached hydrogens (tertiary/aromatic N) is 2. The van der Waals surface area contributed by atoms with Crippen molar-refractivity contribution in [3.63, 3.8) is 0 Å². The van der Waals surface area contributed by atoms with Crippen molar-refractivity contribution in [2.45, 2.75) is 26.2 Å². The van der Waals surface area contributed by atoms with Gasteiger partial charge in [-0.15, -0.1) is 0 Å². The first kappa shape index (κ1) is 20.6. The van der Waals surface area contributed by atoms with Crippen molar-refractivity contribution < 1.29 is 14.1 Å². The van der Waals surface area contributed by atoms with Crippen LogP contribution in [0.25, 0.3) is 0 Å². The van der Waals surface area contributed by atoms with Crippen LogP contribution in [0.5, 0.6) is 0 Å². The van der Waals surface area contributed by atoms with Gasteiger partial charge in [-0.1, -0.05) is 11.6 Å². The quantitative estimate of drug-likeness (QED) is 0.400. The van der Waals surface area contributed by atoms with Gasteiger partial charge in [0.15, 0.2) is 5.76 Å². The second-order valence-corrected chi connectivity index (χ2v) is 7.58. The van der Waals surface area contributed by atoms with E-state index in [2.05, 4.69) is 15.8 Å². The zero-order chi connectivity index (χ0) is 22.0. The van der Waals surface area contributed by atoms with Gasteiger partial charge in [-0.3, -0.25) is 20.3 Å². The van der Waals surface area contributed by atoms with Crippen LogP contribution in [-0.2, 0) is 6.42 Å². The van der Waals surface area contributed by atoms with Crippen LogP contribution in [0.15, 0.2) is 58.0 Å². The Morgan fingerprint density at radius 3 is 2.45 bits per heavy atom. The minimum absolute atomic E-state index is 0.0141. The number of carbonyl (C=O) groups excluding carboxylic acids is 1. The number of anilines is 2. The van der Waals surface area contributed by atoms with Gasteiger partial charge in [0.05, 0.1) is 16.3 Å². The molecule has 0 spiro atoms. The van der Waals surface area contributed by atoms with Crippen LogP contribution in [0.2, 0.25) is 5.02 Å². The fourth-order valence-electron chi connectivity index (χ4n) is 3.51. The summed E-state index contributed by atoms with van der Waals surface area (Å²) in [6.45, 7) is 1.84. The SMILES string of the molecule is Cc1c(C(=O)Nc2ccc(Cl)cc2)oc2c1/C(=N/Nc1ccc([N+](=O)[O-])cc1)CCC2. The van der Waals surface area contributed by atoms with Crippen LogP contribution >= 0.6 is 11.6 Å². The van der Waals surface area contributed by atoms with E-state index in [9.17, 15) is 14.9 Å². The van der Waals surface area contributed by atoms with Crippen LogP contribution in [0.3, 0.4) is 0 Å². The van der Waals surface area contributed by atoms with Gasteiger partial charge in [-0.25, -0.2) is 0 Å². The lowest BCUT2D eigenvalue weighted by atomic mass is 9.93. The molecular weight excluding hydrogens is 420 g/mol. The molecule has 0 saturated heterocycles. The molecule has 1 aliphatic carbocycles. The lowest BCUT2D eigenvalue weighted by Gasteiger charge is -2.13. The number of nitrogens with one attached hydrogen (secondary N) is 2. The van der Waals surface area contributed by atoms with Crippen LogP contribution in [-0.4, -0.2) is 16.5 Å². The highest BCUT2D eigenvalue weighted by atomic mass is 35.5. The Morgan fingerprint density at radius 2 is 1.77 bits per heavy atom. The average molecular weight is 439 g/mol. The third-order valence-corrected chi connectivity index (χ3v) is 5.28. The van der Waals surface area contributed by atoms with Gasteiger partial charge in [0.1, 0.15) is 5.76 Å².